The number of rotatable bonds is 8. The van der Waals surface area contributed by atoms with E-state index in [9.17, 15) is 5.11 Å². The number of ether oxygens (including phenoxy) is 2. The second kappa shape index (κ2) is 10.3. The fourth-order valence-corrected chi connectivity index (χ4v) is 4.69. The Balaban J connectivity index is 1.38. The third-order valence-corrected chi connectivity index (χ3v) is 6.57. The molecule has 0 radical (unpaired) electrons. The Hall–Kier alpha value is -3.28. The van der Waals surface area contributed by atoms with Gasteiger partial charge in [0.2, 0.25) is 0 Å². The topological polar surface area (TPSA) is 55.1 Å². The molecule has 4 aromatic rings. The molecule has 1 aliphatic heterocycles. The van der Waals surface area contributed by atoms with Gasteiger partial charge in [-0.15, -0.1) is 0 Å². The Morgan fingerprint density at radius 1 is 0.912 bits per heavy atom. The third kappa shape index (κ3) is 4.81. The van der Waals surface area contributed by atoms with Crippen molar-refractivity contribution in [3.63, 3.8) is 0 Å². The summed E-state index contributed by atoms with van der Waals surface area (Å²) in [4.78, 5) is 2.46. The number of hydrogen-bond acceptors (Lipinski definition) is 5. The van der Waals surface area contributed by atoms with E-state index >= 15 is 0 Å². The SMILES string of the molecule is COc1ccc2c(C(O)c3ccc(OCCN4CCCCC4)cc3)c(-c3ccccc3)oc2c1. The summed E-state index contributed by atoms with van der Waals surface area (Å²) >= 11 is 0. The molecule has 0 aliphatic carbocycles. The molecule has 5 heteroatoms. The molecule has 5 nitrogen and oxygen atoms in total. The number of aliphatic hydroxyl groups is 1. The van der Waals surface area contributed by atoms with E-state index in [1.165, 1.54) is 32.4 Å². The van der Waals surface area contributed by atoms with Crippen LogP contribution in [-0.2, 0) is 0 Å². The van der Waals surface area contributed by atoms with Crippen LogP contribution in [0.25, 0.3) is 22.3 Å². The number of nitrogens with zero attached hydrogens (tertiary/aromatic N) is 1. The molecule has 0 saturated carbocycles. The van der Waals surface area contributed by atoms with Crippen LogP contribution < -0.4 is 9.47 Å². The molecule has 0 bridgehead atoms. The summed E-state index contributed by atoms with van der Waals surface area (Å²) in [6.45, 7) is 3.97. The van der Waals surface area contributed by atoms with E-state index < -0.39 is 6.10 Å². The Bertz CT molecular complexity index is 1210. The smallest absolute Gasteiger partial charge is 0.141 e. The predicted octanol–water partition coefficient (Wildman–Crippen LogP) is 6.05. The lowest BCUT2D eigenvalue weighted by Crippen LogP contribution is -2.33. The van der Waals surface area contributed by atoms with Crippen LogP contribution in [0, 0.1) is 0 Å². The summed E-state index contributed by atoms with van der Waals surface area (Å²) in [5.74, 6) is 2.20. The minimum atomic E-state index is -0.841. The monoisotopic (exact) mass is 457 g/mol. The quantitative estimate of drug-likeness (QED) is 0.349. The molecule has 1 atom stereocenters. The number of hydrogen-bond donors (Lipinski definition) is 1. The van der Waals surface area contributed by atoms with E-state index in [-0.39, 0.29) is 0 Å². The minimum absolute atomic E-state index is 0.665. The van der Waals surface area contributed by atoms with Gasteiger partial charge in [0.25, 0.3) is 0 Å². The van der Waals surface area contributed by atoms with Crippen molar-refractivity contribution in [2.75, 3.05) is 33.4 Å². The zero-order chi connectivity index (χ0) is 23.3. The Morgan fingerprint density at radius 2 is 1.65 bits per heavy atom. The molecule has 1 saturated heterocycles. The molecule has 1 aromatic heterocycles. The van der Waals surface area contributed by atoms with Crippen LogP contribution in [0.15, 0.2) is 77.2 Å². The lowest BCUT2D eigenvalue weighted by molar-refractivity contribution is 0.183. The maximum absolute atomic E-state index is 11.4. The molecule has 176 valence electrons. The van der Waals surface area contributed by atoms with Crippen LogP contribution in [-0.4, -0.2) is 43.4 Å². The van der Waals surface area contributed by atoms with Crippen LogP contribution in [0.2, 0.25) is 0 Å². The fraction of sp³-hybridized carbons (Fsp3) is 0.310. The second-order valence-corrected chi connectivity index (χ2v) is 8.80. The number of benzene rings is 3. The van der Waals surface area contributed by atoms with E-state index in [0.717, 1.165) is 34.4 Å². The van der Waals surface area contributed by atoms with Crippen molar-refractivity contribution in [3.8, 4) is 22.8 Å². The predicted molar refractivity (Wildman–Crippen MR) is 134 cm³/mol. The van der Waals surface area contributed by atoms with Crippen molar-refractivity contribution in [3.05, 3.63) is 83.9 Å². The van der Waals surface area contributed by atoms with Crippen molar-refractivity contribution >= 4 is 11.0 Å². The minimum Gasteiger partial charge on any atom is -0.497 e. The number of likely N-dealkylation sites (tertiary alicyclic amines) is 1. The largest absolute Gasteiger partial charge is 0.497 e. The first-order valence-corrected chi connectivity index (χ1v) is 12.0. The third-order valence-electron chi connectivity index (χ3n) is 6.57. The average molecular weight is 458 g/mol. The van der Waals surface area contributed by atoms with Gasteiger partial charge in [0.15, 0.2) is 0 Å². The van der Waals surface area contributed by atoms with Crippen molar-refractivity contribution in [2.45, 2.75) is 25.4 Å². The highest BCUT2D eigenvalue weighted by Crippen LogP contribution is 2.41. The lowest BCUT2D eigenvalue weighted by Gasteiger charge is -2.26. The Kier molecular flexibility index (Phi) is 6.84. The standard InChI is InChI=1S/C29H31NO4/c1-32-24-14-15-25-26(20-24)34-29(22-8-4-2-5-9-22)27(25)28(31)21-10-12-23(13-11-21)33-19-18-30-16-6-3-7-17-30/h2,4-5,8-15,20,28,31H,3,6-7,16-19H2,1H3. The van der Waals surface area contributed by atoms with E-state index in [1.807, 2.05) is 72.8 Å². The average Bonchev–Trinajstić information content (AvgIpc) is 3.28. The van der Waals surface area contributed by atoms with Crippen molar-refractivity contribution < 1.29 is 19.0 Å². The second-order valence-electron chi connectivity index (χ2n) is 8.80. The normalized spacial score (nSPS) is 15.4. The van der Waals surface area contributed by atoms with Gasteiger partial charge in [-0.1, -0.05) is 48.9 Å². The van der Waals surface area contributed by atoms with Crippen molar-refractivity contribution in [1.29, 1.82) is 0 Å². The first kappa shape index (κ1) is 22.5. The van der Waals surface area contributed by atoms with E-state index in [1.54, 1.807) is 7.11 Å². The summed E-state index contributed by atoms with van der Waals surface area (Å²) in [6, 6.07) is 23.3. The highest BCUT2D eigenvalue weighted by Gasteiger charge is 2.24. The van der Waals surface area contributed by atoms with E-state index in [4.69, 9.17) is 13.9 Å². The van der Waals surface area contributed by atoms with Crippen LogP contribution in [0.3, 0.4) is 0 Å². The molecule has 2 heterocycles. The summed E-state index contributed by atoms with van der Waals surface area (Å²) in [5.41, 5.74) is 3.15. The number of aliphatic hydroxyl groups excluding tert-OH is 1. The molecular formula is C29H31NO4. The number of fused-ring (bicyclic) bond motifs is 1. The molecule has 5 rings (SSSR count). The highest BCUT2D eigenvalue weighted by atomic mass is 16.5. The zero-order valence-electron chi connectivity index (χ0n) is 19.6. The first-order chi connectivity index (χ1) is 16.7. The summed E-state index contributed by atoms with van der Waals surface area (Å²) < 4.78 is 17.6. The first-order valence-electron chi connectivity index (χ1n) is 12.0. The molecule has 1 aliphatic rings. The molecule has 1 fully saturated rings. The highest BCUT2D eigenvalue weighted by molar-refractivity contribution is 5.89. The van der Waals surface area contributed by atoms with E-state index in [2.05, 4.69) is 4.90 Å². The zero-order valence-corrected chi connectivity index (χ0v) is 19.6. The van der Waals surface area contributed by atoms with Crippen LogP contribution in [0.4, 0.5) is 0 Å². The van der Waals surface area contributed by atoms with Crippen LogP contribution >= 0.6 is 0 Å². The summed E-state index contributed by atoms with van der Waals surface area (Å²) in [6.07, 6.45) is 3.07. The molecule has 1 unspecified atom stereocenters. The van der Waals surface area contributed by atoms with Crippen LogP contribution in [0.5, 0.6) is 11.5 Å². The Morgan fingerprint density at radius 3 is 2.38 bits per heavy atom. The maximum Gasteiger partial charge on any atom is 0.141 e. The van der Waals surface area contributed by atoms with Gasteiger partial charge in [-0.2, -0.15) is 0 Å². The Labute approximate surface area is 200 Å². The molecular weight excluding hydrogens is 426 g/mol. The lowest BCUT2D eigenvalue weighted by atomic mass is 9.96. The molecule has 1 N–H and O–H groups in total. The molecule has 0 spiro atoms. The fourth-order valence-electron chi connectivity index (χ4n) is 4.69. The maximum atomic E-state index is 11.4. The van der Waals surface area contributed by atoms with Gasteiger partial charge < -0.3 is 19.0 Å². The summed E-state index contributed by atoms with van der Waals surface area (Å²) in [7, 11) is 1.63. The molecule has 34 heavy (non-hydrogen) atoms. The van der Waals surface area contributed by atoms with Gasteiger partial charge in [0, 0.05) is 29.1 Å². The van der Waals surface area contributed by atoms with Gasteiger partial charge in [-0.3, -0.25) is 4.90 Å². The number of piperidine rings is 1. The van der Waals surface area contributed by atoms with Gasteiger partial charge >= 0.3 is 0 Å². The van der Waals surface area contributed by atoms with Gasteiger partial charge in [-0.05, 0) is 55.8 Å². The van der Waals surface area contributed by atoms with Crippen molar-refractivity contribution in [1.82, 2.24) is 4.90 Å². The summed E-state index contributed by atoms with van der Waals surface area (Å²) in [5, 5.41) is 12.3. The van der Waals surface area contributed by atoms with Crippen LogP contribution in [0.1, 0.15) is 36.5 Å². The van der Waals surface area contributed by atoms with Crippen molar-refractivity contribution in [2.24, 2.45) is 0 Å². The number of furan rings is 1. The number of methoxy groups -OCH3 is 1. The van der Waals surface area contributed by atoms with E-state index in [0.29, 0.717) is 23.7 Å². The van der Waals surface area contributed by atoms with Gasteiger partial charge in [0.1, 0.15) is 35.6 Å². The van der Waals surface area contributed by atoms with Gasteiger partial charge in [-0.25, -0.2) is 0 Å². The molecule has 0 amide bonds. The van der Waals surface area contributed by atoms with Gasteiger partial charge in [0.05, 0.1) is 7.11 Å². The molecule has 3 aromatic carbocycles.